The molecule has 0 amide bonds. The van der Waals surface area contributed by atoms with Gasteiger partial charge in [0.05, 0.1) is 6.54 Å². The van der Waals surface area contributed by atoms with E-state index in [2.05, 4.69) is 39.5 Å². The van der Waals surface area contributed by atoms with Crippen molar-refractivity contribution in [1.82, 2.24) is 9.97 Å². The second-order valence-electron chi connectivity index (χ2n) is 5.92. The van der Waals surface area contributed by atoms with Gasteiger partial charge >= 0.3 is 0 Å². The fraction of sp³-hybridized carbons (Fsp3) is 0.238. The first kappa shape index (κ1) is 17.9. The van der Waals surface area contributed by atoms with Gasteiger partial charge in [0.15, 0.2) is 0 Å². The summed E-state index contributed by atoms with van der Waals surface area (Å²) in [6.45, 7) is 2.25. The molecule has 0 saturated carbocycles. The van der Waals surface area contributed by atoms with Gasteiger partial charge in [0.1, 0.15) is 5.82 Å². The molecule has 0 radical (unpaired) electrons. The van der Waals surface area contributed by atoms with Crippen molar-refractivity contribution >= 4 is 17.5 Å². The molecule has 0 atom stereocenters. The maximum Gasteiger partial charge on any atom is 0.232 e. The number of anilines is 3. The summed E-state index contributed by atoms with van der Waals surface area (Å²) in [7, 11) is 1.71. The summed E-state index contributed by atoms with van der Waals surface area (Å²) in [6.07, 6.45) is 2.73. The topological polar surface area (TPSA) is 50.3 Å². The van der Waals surface area contributed by atoms with Crippen LogP contribution in [0.5, 0.6) is 0 Å². The maximum absolute atomic E-state index is 5.08. The zero-order chi connectivity index (χ0) is 18.0. The first-order chi connectivity index (χ1) is 12.9. The minimum Gasteiger partial charge on any atom is -0.385 e. The molecule has 3 aromatic rings. The van der Waals surface area contributed by atoms with Crippen LogP contribution in [-0.2, 0) is 11.3 Å². The van der Waals surface area contributed by atoms with Gasteiger partial charge in [0.25, 0.3) is 0 Å². The molecule has 1 heterocycles. The predicted molar refractivity (Wildman–Crippen MR) is 106 cm³/mol. The first-order valence-electron chi connectivity index (χ1n) is 8.79. The number of ether oxygens (including phenoxy) is 1. The van der Waals surface area contributed by atoms with E-state index in [-0.39, 0.29) is 0 Å². The van der Waals surface area contributed by atoms with Gasteiger partial charge in [-0.3, -0.25) is 0 Å². The summed E-state index contributed by atoms with van der Waals surface area (Å²) < 4.78 is 5.08. The highest BCUT2D eigenvalue weighted by molar-refractivity contribution is 5.58. The highest BCUT2D eigenvalue weighted by Gasteiger charge is 2.13. The Balaban J connectivity index is 1.82. The predicted octanol–water partition coefficient (Wildman–Crippen LogP) is 4.26. The number of para-hydroxylation sites is 1. The molecule has 0 aliphatic rings. The van der Waals surface area contributed by atoms with Crippen molar-refractivity contribution in [2.24, 2.45) is 0 Å². The standard InChI is InChI=1S/C21H24N4O/c1-26-16-8-14-22-20-13-15-23-21(24-20)25(19-11-6-3-7-12-19)17-18-9-4-2-5-10-18/h2-7,9-13,15H,8,14,16-17H2,1H3,(H,22,23,24). The number of hydrogen-bond acceptors (Lipinski definition) is 5. The van der Waals surface area contributed by atoms with Crippen LogP contribution in [0, 0.1) is 0 Å². The summed E-state index contributed by atoms with van der Waals surface area (Å²) in [5.74, 6) is 1.50. The third-order valence-electron chi connectivity index (χ3n) is 3.97. The highest BCUT2D eigenvalue weighted by Crippen LogP contribution is 2.25. The van der Waals surface area contributed by atoms with Crippen molar-refractivity contribution in [1.29, 1.82) is 0 Å². The number of nitrogens with zero attached hydrogens (tertiary/aromatic N) is 3. The fourth-order valence-electron chi connectivity index (χ4n) is 2.66. The molecule has 5 heteroatoms. The van der Waals surface area contributed by atoms with E-state index in [1.54, 1.807) is 13.3 Å². The summed E-state index contributed by atoms with van der Waals surface area (Å²) in [5, 5.41) is 3.33. The molecule has 0 aliphatic heterocycles. The Kier molecular flexibility index (Phi) is 6.56. The normalized spacial score (nSPS) is 10.5. The van der Waals surface area contributed by atoms with Crippen LogP contribution in [0.15, 0.2) is 72.9 Å². The Morgan fingerprint density at radius 1 is 0.962 bits per heavy atom. The van der Waals surface area contributed by atoms with Gasteiger partial charge in [-0.05, 0) is 30.2 Å². The molecule has 0 saturated heterocycles. The van der Waals surface area contributed by atoms with Crippen LogP contribution in [0.2, 0.25) is 0 Å². The maximum atomic E-state index is 5.08. The molecule has 2 aromatic carbocycles. The number of nitrogens with one attached hydrogen (secondary N) is 1. The van der Waals surface area contributed by atoms with E-state index >= 15 is 0 Å². The molecule has 1 N–H and O–H groups in total. The van der Waals surface area contributed by atoms with Gasteiger partial charge < -0.3 is 15.0 Å². The summed E-state index contributed by atoms with van der Waals surface area (Å²) in [5.41, 5.74) is 2.27. The van der Waals surface area contributed by atoms with Crippen molar-refractivity contribution in [3.05, 3.63) is 78.5 Å². The van der Waals surface area contributed by atoms with Crippen LogP contribution >= 0.6 is 0 Å². The molecule has 0 bridgehead atoms. The molecule has 0 unspecified atom stereocenters. The lowest BCUT2D eigenvalue weighted by atomic mass is 10.2. The molecule has 134 valence electrons. The van der Waals surface area contributed by atoms with Crippen LogP contribution in [0.4, 0.5) is 17.5 Å². The van der Waals surface area contributed by atoms with Crippen molar-refractivity contribution in [2.75, 3.05) is 30.5 Å². The summed E-state index contributed by atoms with van der Waals surface area (Å²) >= 11 is 0. The SMILES string of the molecule is COCCCNc1ccnc(N(Cc2ccccc2)c2ccccc2)n1. The number of methoxy groups -OCH3 is 1. The Hall–Kier alpha value is -2.92. The highest BCUT2D eigenvalue weighted by atomic mass is 16.5. The average molecular weight is 348 g/mol. The van der Waals surface area contributed by atoms with Gasteiger partial charge in [-0.25, -0.2) is 4.98 Å². The van der Waals surface area contributed by atoms with E-state index in [1.807, 2.05) is 42.5 Å². The quantitative estimate of drug-likeness (QED) is 0.586. The third-order valence-corrected chi connectivity index (χ3v) is 3.97. The third kappa shape index (κ3) is 5.04. The van der Waals surface area contributed by atoms with Crippen molar-refractivity contribution in [2.45, 2.75) is 13.0 Å². The smallest absolute Gasteiger partial charge is 0.232 e. The Labute approximate surface area is 154 Å². The van der Waals surface area contributed by atoms with Crippen LogP contribution < -0.4 is 10.2 Å². The molecule has 26 heavy (non-hydrogen) atoms. The minimum atomic E-state index is 0.678. The second kappa shape index (κ2) is 9.53. The van der Waals surface area contributed by atoms with Crippen LogP contribution in [0.1, 0.15) is 12.0 Å². The number of benzene rings is 2. The average Bonchev–Trinajstić information content (AvgIpc) is 2.71. The second-order valence-corrected chi connectivity index (χ2v) is 5.92. The molecular weight excluding hydrogens is 324 g/mol. The van der Waals surface area contributed by atoms with Crippen LogP contribution in [-0.4, -0.2) is 30.2 Å². The van der Waals surface area contributed by atoms with Gasteiger partial charge in [-0.2, -0.15) is 4.98 Å². The fourth-order valence-corrected chi connectivity index (χ4v) is 2.66. The summed E-state index contributed by atoms with van der Waals surface area (Å²) in [4.78, 5) is 11.3. The van der Waals surface area contributed by atoms with Gasteiger partial charge in [0.2, 0.25) is 5.95 Å². The van der Waals surface area contributed by atoms with Crippen molar-refractivity contribution in [3.63, 3.8) is 0 Å². The van der Waals surface area contributed by atoms with E-state index in [1.165, 1.54) is 5.56 Å². The molecule has 3 rings (SSSR count). The Morgan fingerprint density at radius 3 is 2.42 bits per heavy atom. The molecule has 1 aromatic heterocycles. The molecule has 0 spiro atoms. The van der Waals surface area contributed by atoms with E-state index in [4.69, 9.17) is 9.72 Å². The van der Waals surface area contributed by atoms with Gasteiger partial charge in [-0.1, -0.05) is 48.5 Å². The van der Waals surface area contributed by atoms with E-state index in [9.17, 15) is 0 Å². The van der Waals surface area contributed by atoms with Gasteiger partial charge in [-0.15, -0.1) is 0 Å². The molecule has 5 nitrogen and oxygen atoms in total. The van der Waals surface area contributed by atoms with Crippen molar-refractivity contribution in [3.8, 4) is 0 Å². The first-order valence-corrected chi connectivity index (χ1v) is 8.79. The Morgan fingerprint density at radius 2 is 1.69 bits per heavy atom. The zero-order valence-corrected chi connectivity index (χ0v) is 15.0. The molecule has 0 fully saturated rings. The molecular formula is C21H24N4O. The minimum absolute atomic E-state index is 0.678. The largest absolute Gasteiger partial charge is 0.385 e. The summed E-state index contributed by atoms with van der Waals surface area (Å²) in [6, 6.07) is 22.5. The van der Waals surface area contributed by atoms with Crippen LogP contribution in [0.3, 0.4) is 0 Å². The number of rotatable bonds is 9. The van der Waals surface area contributed by atoms with E-state index < -0.39 is 0 Å². The lowest BCUT2D eigenvalue weighted by molar-refractivity contribution is 0.198. The van der Waals surface area contributed by atoms with Crippen molar-refractivity contribution < 1.29 is 4.74 Å². The van der Waals surface area contributed by atoms with E-state index in [0.29, 0.717) is 12.5 Å². The van der Waals surface area contributed by atoms with Gasteiger partial charge in [0, 0.05) is 32.1 Å². The zero-order valence-electron chi connectivity index (χ0n) is 15.0. The van der Waals surface area contributed by atoms with E-state index in [0.717, 1.165) is 31.1 Å². The number of aromatic nitrogens is 2. The molecule has 0 aliphatic carbocycles. The number of hydrogen-bond donors (Lipinski definition) is 1. The lowest BCUT2D eigenvalue weighted by Crippen LogP contribution is -2.19. The van der Waals surface area contributed by atoms with Crippen LogP contribution in [0.25, 0.3) is 0 Å². The monoisotopic (exact) mass is 348 g/mol. The Bertz CT molecular complexity index is 780. The lowest BCUT2D eigenvalue weighted by Gasteiger charge is -2.23.